The van der Waals surface area contributed by atoms with Crippen molar-refractivity contribution in [2.45, 2.75) is 19.0 Å². The second-order valence-corrected chi connectivity index (χ2v) is 2.95. The quantitative estimate of drug-likeness (QED) is 0.627. The molecule has 1 rings (SSSR count). The molecule has 0 heterocycles. The summed E-state index contributed by atoms with van der Waals surface area (Å²) in [6, 6.07) is 5.89. The van der Waals surface area contributed by atoms with Gasteiger partial charge in [0.15, 0.2) is 0 Å². The van der Waals surface area contributed by atoms with Crippen molar-refractivity contribution < 1.29 is 8.78 Å². The predicted molar refractivity (Wildman–Crippen MR) is 49.8 cm³/mol. The summed E-state index contributed by atoms with van der Waals surface area (Å²) in [7, 11) is 0. The van der Waals surface area contributed by atoms with Gasteiger partial charge in [0.25, 0.3) is 0 Å². The lowest BCUT2D eigenvalue weighted by molar-refractivity contribution is 0.335. The van der Waals surface area contributed by atoms with Crippen LogP contribution in [0.1, 0.15) is 12.0 Å². The molecule has 1 aromatic carbocycles. The van der Waals surface area contributed by atoms with Gasteiger partial charge in [0.1, 0.15) is 12.0 Å². The van der Waals surface area contributed by atoms with Crippen LogP contribution >= 0.6 is 0 Å². The molecular formula is C11H12F2. The molecule has 0 radical (unpaired) electrons. The Morgan fingerprint density at radius 3 is 2.46 bits per heavy atom. The number of rotatable bonds is 4. The normalized spacial score (nSPS) is 12.5. The first-order valence-electron chi connectivity index (χ1n) is 4.22. The van der Waals surface area contributed by atoms with Crippen molar-refractivity contribution in [2.75, 3.05) is 0 Å². The topological polar surface area (TPSA) is 0 Å². The van der Waals surface area contributed by atoms with Gasteiger partial charge < -0.3 is 0 Å². The van der Waals surface area contributed by atoms with E-state index in [1.165, 1.54) is 12.1 Å². The van der Waals surface area contributed by atoms with Gasteiger partial charge in [-0.2, -0.15) is 0 Å². The van der Waals surface area contributed by atoms with E-state index in [2.05, 4.69) is 6.58 Å². The van der Waals surface area contributed by atoms with Crippen LogP contribution in [0.25, 0.3) is 0 Å². The second kappa shape index (κ2) is 4.75. The van der Waals surface area contributed by atoms with Crippen molar-refractivity contribution in [3.8, 4) is 0 Å². The Morgan fingerprint density at radius 2 is 1.92 bits per heavy atom. The Hall–Kier alpha value is -1.18. The van der Waals surface area contributed by atoms with Crippen LogP contribution in [0.15, 0.2) is 36.9 Å². The molecule has 0 spiro atoms. The van der Waals surface area contributed by atoms with E-state index in [-0.39, 0.29) is 5.82 Å². The molecule has 1 atom stereocenters. The minimum absolute atomic E-state index is 0.289. The van der Waals surface area contributed by atoms with E-state index in [1.807, 2.05) is 0 Å². The first kappa shape index (κ1) is 9.90. The summed E-state index contributed by atoms with van der Waals surface area (Å²) >= 11 is 0. The van der Waals surface area contributed by atoms with Crippen LogP contribution in [-0.4, -0.2) is 6.17 Å². The third-order valence-corrected chi connectivity index (χ3v) is 1.79. The first-order chi connectivity index (χ1) is 6.22. The molecule has 0 saturated carbocycles. The number of hydrogen-bond donors (Lipinski definition) is 0. The fourth-order valence-corrected chi connectivity index (χ4v) is 1.14. The molecule has 1 aromatic rings. The maximum absolute atomic E-state index is 13.0. The summed E-state index contributed by atoms with van der Waals surface area (Å²) in [6.45, 7) is 3.46. The van der Waals surface area contributed by atoms with E-state index >= 15 is 0 Å². The molecule has 0 bridgehead atoms. The SMILES string of the molecule is C=CCC(F)Cc1ccc(F)cc1. The van der Waals surface area contributed by atoms with Crippen molar-refractivity contribution in [3.63, 3.8) is 0 Å². The summed E-state index contributed by atoms with van der Waals surface area (Å²) < 4.78 is 25.5. The van der Waals surface area contributed by atoms with Crippen molar-refractivity contribution in [1.29, 1.82) is 0 Å². The van der Waals surface area contributed by atoms with Gasteiger partial charge in [-0.3, -0.25) is 0 Å². The highest BCUT2D eigenvalue weighted by Crippen LogP contribution is 2.10. The van der Waals surface area contributed by atoms with E-state index in [9.17, 15) is 8.78 Å². The van der Waals surface area contributed by atoms with Gasteiger partial charge in [-0.25, -0.2) is 8.78 Å². The van der Waals surface area contributed by atoms with Gasteiger partial charge in [-0.05, 0) is 24.1 Å². The zero-order valence-electron chi connectivity index (χ0n) is 7.34. The smallest absolute Gasteiger partial charge is 0.123 e. The molecule has 0 nitrogen and oxygen atoms in total. The standard InChI is InChI=1S/C11H12F2/c1-2-3-11(13)8-9-4-6-10(12)7-5-9/h2,4-7,11H,1,3,8H2. The summed E-state index contributed by atoms with van der Waals surface area (Å²) in [6.07, 6.45) is 1.31. The van der Waals surface area contributed by atoms with Crippen molar-refractivity contribution in [3.05, 3.63) is 48.3 Å². The highest BCUT2D eigenvalue weighted by atomic mass is 19.1. The van der Waals surface area contributed by atoms with Gasteiger partial charge >= 0.3 is 0 Å². The fraction of sp³-hybridized carbons (Fsp3) is 0.273. The molecule has 0 aliphatic heterocycles. The Balaban J connectivity index is 2.53. The average Bonchev–Trinajstić information content (AvgIpc) is 2.09. The van der Waals surface area contributed by atoms with Crippen molar-refractivity contribution >= 4 is 0 Å². The molecule has 70 valence electrons. The molecule has 0 N–H and O–H groups in total. The summed E-state index contributed by atoms with van der Waals surface area (Å²) in [4.78, 5) is 0. The number of allylic oxidation sites excluding steroid dienone is 1. The van der Waals surface area contributed by atoms with Gasteiger partial charge in [-0.15, -0.1) is 6.58 Å². The molecule has 1 unspecified atom stereocenters. The molecule has 0 aromatic heterocycles. The molecule has 0 amide bonds. The van der Waals surface area contributed by atoms with Crippen LogP contribution < -0.4 is 0 Å². The van der Waals surface area contributed by atoms with Crippen LogP contribution in [0.4, 0.5) is 8.78 Å². The maximum Gasteiger partial charge on any atom is 0.123 e. The van der Waals surface area contributed by atoms with Gasteiger partial charge in [0.2, 0.25) is 0 Å². The molecule has 0 fully saturated rings. The monoisotopic (exact) mass is 182 g/mol. The lowest BCUT2D eigenvalue weighted by atomic mass is 10.1. The van der Waals surface area contributed by atoms with Crippen LogP contribution in [0, 0.1) is 5.82 Å². The second-order valence-electron chi connectivity index (χ2n) is 2.95. The Morgan fingerprint density at radius 1 is 1.31 bits per heavy atom. The lowest BCUT2D eigenvalue weighted by Gasteiger charge is -2.04. The molecule has 2 heteroatoms. The van der Waals surface area contributed by atoms with E-state index in [1.54, 1.807) is 18.2 Å². The predicted octanol–water partition coefficient (Wildman–Crippen LogP) is 3.28. The summed E-state index contributed by atoms with van der Waals surface area (Å²) in [5.74, 6) is -0.289. The Kier molecular flexibility index (Phi) is 3.62. The first-order valence-corrected chi connectivity index (χ1v) is 4.22. The molecular weight excluding hydrogens is 170 g/mol. The van der Waals surface area contributed by atoms with Crippen LogP contribution in [-0.2, 0) is 6.42 Å². The minimum atomic E-state index is -0.914. The summed E-state index contributed by atoms with van der Waals surface area (Å²) in [5.41, 5.74) is 0.816. The molecule has 0 aliphatic carbocycles. The van der Waals surface area contributed by atoms with Gasteiger partial charge in [-0.1, -0.05) is 18.2 Å². The van der Waals surface area contributed by atoms with E-state index in [0.29, 0.717) is 12.8 Å². The highest BCUT2D eigenvalue weighted by molar-refractivity contribution is 5.16. The molecule has 13 heavy (non-hydrogen) atoms. The lowest BCUT2D eigenvalue weighted by Crippen LogP contribution is -2.02. The number of halogens is 2. The Labute approximate surface area is 76.9 Å². The Bertz CT molecular complexity index is 264. The van der Waals surface area contributed by atoms with Crippen molar-refractivity contribution in [1.82, 2.24) is 0 Å². The highest BCUT2D eigenvalue weighted by Gasteiger charge is 2.04. The van der Waals surface area contributed by atoms with Gasteiger partial charge in [0, 0.05) is 6.42 Å². The number of hydrogen-bond acceptors (Lipinski definition) is 0. The zero-order valence-corrected chi connectivity index (χ0v) is 7.34. The largest absolute Gasteiger partial charge is 0.247 e. The molecule has 0 aliphatic rings. The fourth-order valence-electron chi connectivity index (χ4n) is 1.14. The van der Waals surface area contributed by atoms with E-state index in [4.69, 9.17) is 0 Å². The number of benzene rings is 1. The average molecular weight is 182 g/mol. The third-order valence-electron chi connectivity index (χ3n) is 1.79. The third kappa shape index (κ3) is 3.36. The minimum Gasteiger partial charge on any atom is -0.247 e. The van der Waals surface area contributed by atoms with E-state index < -0.39 is 6.17 Å². The van der Waals surface area contributed by atoms with E-state index in [0.717, 1.165) is 5.56 Å². The number of alkyl halides is 1. The van der Waals surface area contributed by atoms with Crippen LogP contribution in [0.2, 0.25) is 0 Å². The maximum atomic E-state index is 13.0. The van der Waals surface area contributed by atoms with Crippen LogP contribution in [0.5, 0.6) is 0 Å². The van der Waals surface area contributed by atoms with Crippen molar-refractivity contribution in [2.24, 2.45) is 0 Å². The molecule has 0 saturated heterocycles. The van der Waals surface area contributed by atoms with Gasteiger partial charge in [0.05, 0.1) is 0 Å². The zero-order chi connectivity index (χ0) is 9.68. The summed E-state index contributed by atoms with van der Waals surface area (Å²) in [5, 5.41) is 0. The van der Waals surface area contributed by atoms with Crippen LogP contribution in [0.3, 0.4) is 0 Å².